The normalized spacial score (nSPS) is 12.7. The fraction of sp³-hybridized carbons (Fsp3) is 0.579. The number of carbonyl (C=O) groups excluding carboxylic acids is 2. The van der Waals surface area contributed by atoms with Crippen molar-refractivity contribution in [1.82, 2.24) is 9.62 Å². The molecule has 0 radical (unpaired) electrons. The third-order valence-electron chi connectivity index (χ3n) is 4.24. The number of ether oxygens (including phenoxy) is 1. The fourth-order valence-corrected chi connectivity index (χ4v) is 4.21. The molecule has 8 heteroatoms. The highest BCUT2D eigenvalue weighted by Gasteiger charge is 2.24. The first-order valence-electron chi connectivity index (χ1n) is 9.24. The van der Waals surface area contributed by atoms with Crippen LogP contribution in [0.1, 0.15) is 56.5 Å². The lowest BCUT2D eigenvalue weighted by Crippen LogP contribution is -2.35. The minimum Gasteiger partial charge on any atom is -0.452 e. The van der Waals surface area contributed by atoms with Gasteiger partial charge in [-0.15, -0.1) is 0 Å². The molecule has 1 atom stereocenters. The Hall–Kier alpha value is -1.93. The molecule has 0 unspecified atom stereocenters. The summed E-state index contributed by atoms with van der Waals surface area (Å²) in [5, 5.41) is 2.75. The van der Waals surface area contributed by atoms with E-state index in [0.29, 0.717) is 18.7 Å². The molecule has 0 aliphatic heterocycles. The Balaban J connectivity index is 2.91. The number of benzene rings is 1. The summed E-state index contributed by atoms with van der Waals surface area (Å²) in [6, 6.07) is 4.35. The Bertz CT molecular complexity index is 757. The highest BCUT2D eigenvalue weighted by molar-refractivity contribution is 7.89. The molecule has 0 saturated heterocycles. The number of carbonyl (C=O) groups is 2. The van der Waals surface area contributed by atoms with Gasteiger partial charge in [0, 0.05) is 19.1 Å². The van der Waals surface area contributed by atoms with Crippen LogP contribution in [0.25, 0.3) is 0 Å². The van der Waals surface area contributed by atoms with Gasteiger partial charge in [-0.25, -0.2) is 13.2 Å². The number of amides is 1. The second-order valence-electron chi connectivity index (χ2n) is 6.40. The van der Waals surface area contributed by atoms with Gasteiger partial charge in [0.25, 0.3) is 5.91 Å². The zero-order valence-corrected chi connectivity index (χ0v) is 17.6. The molecule has 1 amide bonds. The van der Waals surface area contributed by atoms with Crippen molar-refractivity contribution in [1.29, 1.82) is 0 Å². The second kappa shape index (κ2) is 10.4. The van der Waals surface area contributed by atoms with Crippen molar-refractivity contribution >= 4 is 21.9 Å². The topological polar surface area (TPSA) is 92.8 Å². The van der Waals surface area contributed by atoms with Crippen LogP contribution in [0.2, 0.25) is 0 Å². The highest BCUT2D eigenvalue weighted by atomic mass is 32.2. The summed E-state index contributed by atoms with van der Waals surface area (Å²) in [6.45, 7) is 9.36. The lowest BCUT2D eigenvalue weighted by atomic mass is 10.1. The van der Waals surface area contributed by atoms with E-state index in [1.807, 2.05) is 13.8 Å². The molecule has 0 aromatic heterocycles. The summed E-state index contributed by atoms with van der Waals surface area (Å²) in [4.78, 5) is 24.2. The van der Waals surface area contributed by atoms with E-state index in [1.54, 1.807) is 26.8 Å². The maximum absolute atomic E-state index is 12.6. The predicted molar refractivity (Wildman–Crippen MR) is 104 cm³/mol. The van der Waals surface area contributed by atoms with Gasteiger partial charge in [-0.05, 0) is 38.0 Å². The maximum Gasteiger partial charge on any atom is 0.338 e. The van der Waals surface area contributed by atoms with E-state index >= 15 is 0 Å². The summed E-state index contributed by atoms with van der Waals surface area (Å²) >= 11 is 0. The van der Waals surface area contributed by atoms with Gasteiger partial charge in [-0.1, -0.05) is 33.3 Å². The van der Waals surface area contributed by atoms with Gasteiger partial charge in [-0.2, -0.15) is 4.31 Å². The first kappa shape index (κ1) is 23.1. The van der Waals surface area contributed by atoms with Crippen LogP contribution in [0.4, 0.5) is 0 Å². The highest BCUT2D eigenvalue weighted by Crippen LogP contribution is 2.20. The van der Waals surface area contributed by atoms with Crippen LogP contribution in [0.5, 0.6) is 0 Å². The van der Waals surface area contributed by atoms with Gasteiger partial charge in [0.2, 0.25) is 10.0 Å². The standard InChI is InChI=1S/C19H30N2O5S/c1-6-9-15(5)20-18(22)13-26-19(23)17-12-16(11-10-14(17)4)27(24,25)21(7-2)8-3/h10-12,15H,6-9,13H2,1-5H3,(H,20,22)/t15-/m1/s1. The third-order valence-corrected chi connectivity index (χ3v) is 6.28. The second-order valence-corrected chi connectivity index (χ2v) is 8.34. The summed E-state index contributed by atoms with van der Waals surface area (Å²) in [7, 11) is -3.68. The molecular formula is C19H30N2O5S. The van der Waals surface area contributed by atoms with E-state index in [0.717, 1.165) is 12.8 Å². The van der Waals surface area contributed by atoms with E-state index in [2.05, 4.69) is 5.32 Å². The van der Waals surface area contributed by atoms with Crippen molar-refractivity contribution < 1.29 is 22.7 Å². The third kappa shape index (κ3) is 6.32. The van der Waals surface area contributed by atoms with E-state index in [-0.39, 0.29) is 22.4 Å². The Kier molecular flexibility index (Phi) is 8.92. The van der Waals surface area contributed by atoms with E-state index in [9.17, 15) is 18.0 Å². The molecule has 7 nitrogen and oxygen atoms in total. The van der Waals surface area contributed by atoms with Crippen LogP contribution in [0, 0.1) is 6.92 Å². The van der Waals surface area contributed by atoms with Gasteiger partial charge < -0.3 is 10.1 Å². The van der Waals surface area contributed by atoms with E-state index in [4.69, 9.17) is 4.74 Å². The number of nitrogens with zero attached hydrogens (tertiary/aromatic N) is 1. The summed E-state index contributed by atoms with van der Waals surface area (Å²) in [5.41, 5.74) is 0.718. The van der Waals surface area contributed by atoms with Gasteiger partial charge in [0.05, 0.1) is 10.5 Å². The lowest BCUT2D eigenvalue weighted by Gasteiger charge is -2.19. The Morgan fingerprint density at radius 3 is 2.37 bits per heavy atom. The van der Waals surface area contributed by atoms with Crippen LogP contribution in [-0.4, -0.2) is 50.3 Å². The van der Waals surface area contributed by atoms with E-state index in [1.165, 1.54) is 16.4 Å². The smallest absolute Gasteiger partial charge is 0.338 e. The van der Waals surface area contributed by atoms with E-state index < -0.39 is 22.6 Å². The largest absolute Gasteiger partial charge is 0.452 e. The first-order valence-corrected chi connectivity index (χ1v) is 10.7. The van der Waals surface area contributed by atoms with Gasteiger partial charge in [0.15, 0.2) is 6.61 Å². The number of sulfonamides is 1. The fourth-order valence-electron chi connectivity index (χ4n) is 2.72. The molecule has 0 bridgehead atoms. The molecule has 1 aromatic carbocycles. The minimum atomic E-state index is -3.68. The Labute approximate surface area is 162 Å². The van der Waals surface area contributed by atoms with Crippen LogP contribution in [0.15, 0.2) is 23.1 Å². The van der Waals surface area contributed by atoms with Gasteiger partial charge >= 0.3 is 5.97 Å². The van der Waals surface area contributed by atoms with Crippen molar-refractivity contribution in [3.63, 3.8) is 0 Å². The van der Waals surface area contributed by atoms with Gasteiger partial charge in [0.1, 0.15) is 0 Å². The first-order chi connectivity index (χ1) is 12.7. The molecular weight excluding hydrogens is 368 g/mol. The molecule has 1 aromatic rings. The molecule has 152 valence electrons. The number of hydrogen-bond donors (Lipinski definition) is 1. The zero-order valence-electron chi connectivity index (χ0n) is 16.7. The van der Waals surface area contributed by atoms with Crippen LogP contribution < -0.4 is 5.32 Å². The monoisotopic (exact) mass is 398 g/mol. The van der Waals surface area contributed by atoms with Crippen molar-refractivity contribution in [2.45, 2.75) is 58.4 Å². The molecule has 1 rings (SSSR count). The molecule has 0 heterocycles. The number of nitrogens with one attached hydrogen (secondary N) is 1. The Morgan fingerprint density at radius 2 is 1.81 bits per heavy atom. The number of esters is 1. The lowest BCUT2D eigenvalue weighted by molar-refractivity contribution is -0.124. The van der Waals surface area contributed by atoms with Crippen LogP contribution in [0.3, 0.4) is 0 Å². The molecule has 0 spiro atoms. The number of rotatable bonds is 10. The van der Waals surface area contributed by atoms with Crippen molar-refractivity contribution in [3.05, 3.63) is 29.3 Å². The maximum atomic E-state index is 12.6. The van der Waals surface area contributed by atoms with Crippen molar-refractivity contribution in [2.75, 3.05) is 19.7 Å². The summed E-state index contributed by atoms with van der Waals surface area (Å²) in [6.07, 6.45) is 1.78. The average molecular weight is 399 g/mol. The zero-order chi connectivity index (χ0) is 20.6. The average Bonchev–Trinajstić information content (AvgIpc) is 2.60. The van der Waals surface area contributed by atoms with Crippen LogP contribution in [-0.2, 0) is 19.6 Å². The van der Waals surface area contributed by atoms with Crippen molar-refractivity contribution in [2.24, 2.45) is 0 Å². The number of hydrogen-bond acceptors (Lipinski definition) is 5. The number of aryl methyl sites for hydroxylation is 1. The minimum absolute atomic E-state index is 0.00507. The molecule has 1 N–H and O–H groups in total. The Morgan fingerprint density at radius 1 is 1.19 bits per heavy atom. The quantitative estimate of drug-likeness (QED) is 0.611. The summed E-state index contributed by atoms with van der Waals surface area (Å²) in [5.74, 6) is -1.10. The van der Waals surface area contributed by atoms with Crippen LogP contribution >= 0.6 is 0 Å². The van der Waals surface area contributed by atoms with Gasteiger partial charge in [-0.3, -0.25) is 4.79 Å². The van der Waals surface area contributed by atoms with Crippen molar-refractivity contribution in [3.8, 4) is 0 Å². The SMILES string of the molecule is CCC[C@@H](C)NC(=O)COC(=O)c1cc(S(=O)(=O)N(CC)CC)ccc1C. The predicted octanol–water partition coefficient (Wildman–Crippen LogP) is 2.49. The molecule has 0 aliphatic rings. The molecule has 0 aliphatic carbocycles. The molecule has 0 saturated carbocycles. The summed E-state index contributed by atoms with van der Waals surface area (Å²) < 4.78 is 31.7. The molecule has 0 fully saturated rings. The molecule has 27 heavy (non-hydrogen) atoms.